The Hall–Kier alpha value is -0.660. The number of hydrogen-bond donors (Lipinski definition) is 1. The normalized spacial score (nSPS) is 10.8. The van der Waals surface area contributed by atoms with Crippen LogP contribution < -0.4 is 14.0 Å². The lowest BCUT2D eigenvalue weighted by atomic mass is 10.4. The van der Waals surface area contributed by atoms with Crippen molar-refractivity contribution in [1.82, 2.24) is 9.55 Å². The van der Waals surface area contributed by atoms with Crippen molar-refractivity contribution < 1.29 is 28.9 Å². The van der Waals surface area contributed by atoms with Crippen molar-refractivity contribution >= 4 is 0 Å². The minimum absolute atomic E-state index is 1.03. The van der Waals surface area contributed by atoms with Gasteiger partial charge in [0, 0.05) is 13.2 Å². The van der Waals surface area contributed by atoms with Crippen LogP contribution in [0.1, 0.15) is 18.4 Å². The zero-order valence-corrected chi connectivity index (χ0v) is 8.98. The van der Waals surface area contributed by atoms with Crippen LogP contribution in [0.5, 0.6) is 0 Å². The number of hydrogen-bond acceptors (Lipinski definition) is 5. The molecule has 82 valence electrons. The van der Waals surface area contributed by atoms with Crippen LogP contribution in [0.15, 0.2) is 6.20 Å². The molecular weight excluding hydrogens is 212 g/mol. The molecule has 0 fully saturated rings. The van der Waals surface area contributed by atoms with Crippen molar-refractivity contribution in [2.24, 2.45) is 7.05 Å². The van der Waals surface area contributed by atoms with E-state index in [0.29, 0.717) is 0 Å². The molecule has 6 nitrogen and oxygen atoms in total. The van der Waals surface area contributed by atoms with Crippen LogP contribution in [-0.2, 0) is 13.5 Å². The number of halogens is 1. The molecule has 0 saturated heterocycles. The lowest BCUT2D eigenvalue weighted by Gasteiger charge is -2.03. The van der Waals surface area contributed by atoms with E-state index in [1.807, 2.05) is 18.5 Å². The highest BCUT2D eigenvalue weighted by molar-refractivity contribution is 5.01. The molecule has 1 rings (SSSR count). The fourth-order valence-electron chi connectivity index (χ4n) is 0.803. The van der Waals surface area contributed by atoms with Gasteiger partial charge in [0.1, 0.15) is 5.82 Å². The van der Waals surface area contributed by atoms with Crippen LogP contribution in [-0.4, -0.2) is 14.2 Å². The lowest BCUT2D eigenvalue weighted by Crippen LogP contribution is -2.58. The second kappa shape index (κ2) is 5.28. The van der Waals surface area contributed by atoms with Crippen LogP contribution in [0.3, 0.4) is 0 Å². The molecule has 1 aromatic heterocycles. The number of imidazole rings is 1. The predicted octanol–water partition coefficient (Wildman–Crippen LogP) is -2.83. The monoisotopic (exact) mass is 224 g/mol. The molecule has 0 aliphatic rings. The number of nitrogens with zero attached hydrogens (tertiary/aromatic N) is 2. The summed E-state index contributed by atoms with van der Waals surface area (Å²) in [6, 6.07) is 0. The average Bonchev–Trinajstić information content (AvgIpc) is 2.28. The van der Waals surface area contributed by atoms with E-state index < -0.39 is 10.2 Å². The summed E-state index contributed by atoms with van der Waals surface area (Å²) in [6.07, 6.45) is 3.09. The van der Waals surface area contributed by atoms with Gasteiger partial charge in [0.15, 0.2) is 0 Å². The molecule has 7 heteroatoms. The predicted molar refractivity (Wildman–Crippen MR) is 39.5 cm³/mol. The van der Waals surface area contributed by atoms with Gasteiger partial charge in [-0.25, -0.2) is 4.98 Å². The molecule has 0 unspecified atom stereocenters. The van der Waals surface area contributed by atoms with E-state index in [9.17, 15) is 0 Å². The van der Waals surface area contributed by atoms with Gasteiger partial charge in [-0.15, -0.1) is 0 Å². The molecule has 0 bridgehead atoms. The maximum atomic E-state index is 8.60. The molecule has 0 radical (unpaired) electrons. The standard InChI is InChI=1S/C7H12N2.ClHO4/c1-4-7-5-9(3)6(2)8-7;2-1(3,4)5/h5H,4H2,1-3H3;(H,2,3,4,5). The lowest BCUT2D eigenvalue weighted by molar-refractivity contribution is -1.92. The van der Waals surface area contributed by atoms with Crippen molar-refractivity contribution in [1.29, 1.82) is 0 Å². The molecule has 0 atom stereocenters. The summed E-state index contributed by atoms with van der Waals surface area (Å²) in [5, 5.41) is 0. The third-order valence-corrected chi connectivity index (χ3v) is 1.52. The third-order valence-electron chi connectivity index (χ3n) is 1.52. The van der Waals surface area contributed by atoms with Crippen LogP contribution >= 0.6 is 0 Å². The number of aromatic nitrogens is 2. The summed E-state index contributed by atoms with van der Waals surface area (Å²) in [5.41, 5.74) is 1.18. The molecule has 0 spiro atoms. The summed E-state index contributed by atoms with van der Waals surface area (Å²) < 4.78 is 34.8. The Morgan fingerprint density at radius 2 is 1.93 bits per heavy atom. The molecule has 0 aliphatic carbocycles. The van der Waals surface area contributed by atoms with Gasteiger partial charge in [0.05, 0.1) is 20.6 Å². The summed E-state index contributed by atoms with van der Waals surface area (Å²) in [5.74, 6) is 1.09. The largest absolute Gasteiger partial charge is 0.338 e. The van der Waals surface area contributed by atoms with Gasteiger partial charge in [-0.05, 0) is 13.3 Å². The van der Waals surface area contributed by atoms with Gasteiger partial charge < -0.3 is 4.57 Å². The molecule has 1 heterocycles. The SMILES string of the molecule is CCc1cn(C)c(C)n1.[O-][Cl+3]([O-])([O-])O. The maximum absolute atomic E-state index is 8.60. The van der Waals surface area contributed by atoms with E-state index in [0.717, 1.165) is 12.2 Å². The molecule has 0 saturated carbocycles. The van der Waals surface area contributed by atoms with Gasteiger partial charge in [-0.2, -0.15) is 14.0 Å². The first kappa shape index (κ1) is 13.3. The van der Waals surface area contributed by atoms with Crippen molar-refractivity contribution in [3.63, 3.8) is 0 Å². The first-order valence-electron chi connectivity index (χ1n) is 3.86. The fraction of sp³-hybridized carbons (Fsp3) is 0.571. The second-order valence-corrected chi connectivity index (χ2v) is 3.43. The number of aryl methyl sites for hydroxylation is 3. The van der Waals surface area contributed by atoms with Gasteiger partial charge in [0.2, 0.25) is 0 Å². The Morgan fingerprint density at radius 3 is 2.07 bits per heavy atom. The average molecular weight is 225 g/mol. The molecule has 1 aromatic rings. The molecule has 0 aromatic carbocycles. The van der Waals surface area contributed by atoms with Gasteiger partial charge in [-0.1, -0.05) is 6.92 Å². The first-order valence-corrected chi connectivity index (χ1v) is 5.12. The molecule has 0 amide bonds. The Labute approximate surface area is 84.2 Å². The Morgan fingerprint density at radius 1 is 1.50 bits per heavy atom. The highest BCUT2D eigenvalue weighted by atomic mass is 35.7. The van der Waals surface area contributed by atoms with E-state index in [1.54, 1.807) is 0 Å². The van der Waals surface area contributed by atoms with Gasteiger partial charge in [-0.3, -0.25) is 0 Å². The van der Waals surface area contributed by atoms with E-state index in [-0.39, 0.29) is 0 Å². The zero-order chi connectivity index (χ0) is 11.4. The Bertz CT molecular complexity index is 256. The third kappa shape index (κ3) is 6.81. The van der Waals surface area contributed by atoms with Crippen LogP contribution in [0, 0.1) is 17.2 Å². The molecule has 14 heavy (non-hydrogen) atoms. The van der Waals surface area contributed by atoms with Gasteiger partial charge in [0.25, 0.3) is 0 Å². The van der Waals surface area contributed by atoms with Crippen LogP contribution in [0.4, 0.5) is 0 Å². The highest BCUT2D eigenvalue weighted by Crippen LogP contribution is 1.98. The van der Waals surface area contributed by atoms with Crippen molar-refractivity contribution in [2.45, 2.75) is 20.3 Å². The maximum Gasteiger partial charge on any atom is 0.105 e. The minimum Gasteiger partial charge on any atom is -0.338 e. The minimum atomic E-state index is -4.69. The van der Waals surface area contributed by atoms with E-state index >= 15 is 0 Å². The zero-order valence-electron chi connectivity index (χ0n) is 8.23. The van der Waals surface area contributed by atoms with E-state index in [4.69, 9.17) is 18.6 Å². The second-order valence-electron chi connectivity index (χ2n) is 2.64. The summed E-state index contributed by atoms with van der Waals surface area (Å²) in [7, 11) is -2.68. The van der Waals surface area contributed by atoms with Crippen molar-refractivity contribution in [3.8, 4) is 0 Å². The van der Waals surface area contributed by atoms with Crippen LogP contribution in [0.2, 0.25) is 0 Å². The fourth-order valence-corrected chi connectivity index (χ4v) is 0.803. The van der Waals surface area contributed by atoms with E-state index in [1.165, 1.54) is 5.69 Å². The number of rotatable bonds is 1. The molecule has 0 aliphatic heterocycles. The molecule has 1 N–H and O–H groups in total. The van der Waals surface area contributed by atoms with Crippen molar-refractivity contribution in [3.05, 3.63) is 17.7 Å². The van der Waals surface area contributed by atoms with Crippen LogP contribution in [0.25, 0.3) is 0 Å². The Kier molecular flexibility index (Phi) is 5.03. The summed E-state index contributed by atoms with van der Waals surface area (Å²) >= 11 is 0. The topological polar surface area (TPSA) is 107 Å². The Balaban J connectivity index is 0.000000292. The first-order chi connectivity index (χ1) is 6.24. The molecular formula is C7H13ClN2O4. The van der Waals surface area contributed by atoms with Crippen molar-refractivity contribution in [2.75, 3.05) is 0 Å². The highest BCUT2D eigenvalue weighted by Gasteiger charge is 1.98. The summed E-state index contributed by atoms with van der Waals surface area (Å²) in [4.78, 5) is 4.29. The smallest absolute Gasteiger partial charge is 0.105 e. The summed E-state index contributed by atoms with van der Waals surface area (Å²) in [6.45, 7) is 4.13. The van der Waals surface area contributed by atoms with E-state index in [2.05, 4.69) is 18.1 Å². The van der Waals surface area contributed by atoms with Gasteiger partial charge >= 0.3 is 0 Å². The quantitative estimate of drug-likeness (QED) is 0.553.